The average Bonchev–Trinajstić information content (AvgIpc) is 2.84. The van der Waals surface area contributed by atoms with Gasteiger partial charge in [0.2, 0.25) is 5.91 Å². The lowest BCUT2D eigenvalue weighted by Gasteiger charge is -2.41. The van der Waals surface area contributed by atoms with E-state index in [2.05, 4.69) is 34.1 Å². The van der Waals surface area contributed by atoms with Gasteiger partial charge < -0.3 is 9.80 Å². The third kappa shape index (κ3) is 5.60. The van der Waals surface area contributed by atoms with Gasteiger partial charge in [-0.1, -0.05) is 30.3 Å². The number of benzene rings is 2. The molecular weight excluding hydrogens is 419 g/mol. The van der Waals surface area contributed by atoms with Crippen molar-refractivity contribution in [3.05, 3.63) is 65.5 Å². The first-order valence-electron chi connectivity index (χ1n) is 11.8. The minimum absolute atomic E-state index is 0.140. The predicted octanol–water partition coefficient (Wildman–Crippen LogP) is 2.88. The maximum Gasteiger partial charge on any atom is 0.239 e. The Morgan fingerprint density at radius 2 is 1.58 bits per heavy atom. The molecule has 2 saturated heterocycles. The maximum absolute atomic E-state index is 14.5. The van der Waals surface area contributed by atoms with Gasteiger partial charge in [0.05, 0.1) is 11.7 Å². The lowest BCUT2D eigenvalue weighted by atomic mass is 10.1. The minimum atomic E-state index is -0.367. The van der Waals surface area contributed by atoms with Crippen molar-refractivity contribution in [3.63, 3.8) is 0 Å². The van der Waals surface area contributed by atoms with Crippen molar-refractivity contribution >= 4 is 17.4 Å². The normalized spacial score (nSPS) is 18.9. The summed E-state index contributed by atoms with van der Waals surface area (Å²) < 4.78 is 14.5. The lowest BCUT2D eigenvalue weighted by molar-refractivity contribution is -0.138. The van der Waals surface area contributed by atoms with Gasteiger partial charge in [-0.15, -0.1) is 0 Å². The van der Waals surface area contributed by atoms with Gasteiger partial charge in [-0.05, 0) is 37.6 Å². The van der Waals surface area contributed by atoms with Crippen LogP contribution in [0.25, 0.3) is 0 Å². The molecule has 1 unspecified atom stereocenters. The number of rotatable bonds is 6. The third-order valence-electron chi connectivity index (χ3n) is 6.85. The molecule has 7 heteroatoms. The highest BCUT2D eigenvalue weighted by molar-refractivity contribution is 5.94. The molecule has 176 valence electrons. The summed E-state index contributed by atoms with van der Waals surface area (Å²) in [5.41, 5.74) is 2.21. The Kier molecular flexibility index (Phi) is 7.40. The van der Waals surface area contributed by atoms with Gasteiger partial charge >= 0.3 is 0 Å². The molecular formula is C26H33FN4O2. The molecule has 1 amide bonds. The average molecular weight is 453 g/mol. The Balaban J connectivity index is 1.26. The molecule has 6 nitrogen and oxygen atoms in total. The summed E-state index contributed by atoms with van der Waals surface area (Å²) in [6.07, 6.45) is 0. The summed E-state index contributed by atoms with van der Waals surface area (Å²) >= 11 is 0. The van der Waals surface area contributed by atoms with Gasteiger partial charge in [0.1, 0.15) is 5.82 Å². The highest BCUT2D eigenvalue weighted by Gasteiger charge is 2.31. The molecule has 0 spiro atoms. The van der Waals surface area contributed by atoms with Crippen molar-refractivity contribution in [3.8, 4) is 0 Å². The van der Waals surface area contributed by atoms with Crippen molar-refractivity contribution < 1.29 is 14.0 Å². The van der Waals surface area contributed by atoms with E-state index in [0.717, 1.165) is 32.7 Å². The Morgan fingerprint density at radius 3 is 2.18 bits per heavy atom. The van der Waals surface area contributed by atoms with Crippen LogP contribution in [0.3, 0.4) is 0 Å². The van der Waals surface area contributed by atoms with E-state index in [4.69, 9.17) is 0 Å². The molecule has 1 atom stereocenters. The number of ketones is 1. The number of carbonyl (C=O) groups excluding carboxylic acids is 2. The zero-order valence-corrected chi connectivity index (χ0v) is 19.5. The first kappa shape index (κ1) is 23.4. The summed E-state index contributed by atoms with van der Waals surface area (Å²) in [5.74, 6) is -0.327. The van der Waals surface area contributed by atoms with E-state index in [1.807, 2.05) is 22.8 Å². The van der Waals surface area contributed by atoms with Gasteiger partial charge in [-0.2, -0.15) is 0 Å². The number of anilines is 1. The molecule has 2 heterocycles. The van der Waals surface area contributed by atoms with Crippen molar-refractivity contribution in [2.75, 3.05) is 57.3 Å². The number of carbonyl (C=O) groups is 2. The smallest absolute Gasteiger partial charge is 0.239 e. The fourth-order valence-corrected chi connectivity index (χ4v) is 4.72. The van der Waals surface area contributed by atoms with Crippen LogP contribution in [-0.2, 0) is 11.3 Å². The molecule has 0 aliphatic carbocycles. The van der Waals surface area contributed by atoms with E-state index in [-0.39, 0.29) is 23.5 Å². The topological polar surface area (TPSA) is 47.1 Å². The molecule has 0 N–H and O–H groups in total. The minimum Gasteiger partial charge on any atom is -0.367 e. The number of hydrogen-bond donors (Lipinski definition) is 0. The molecule has 2 aromatic carbocycles. The van der Waals surface area contributed by atoms with Crippen molar-refractivity contribution in [2.45, 2.75) is 26.4 Å². The number of piperazine rings is 2. The molecule has 33 heavy (non-hydrogen) atoms. The Hall–Kier alpha value is -2.77. The standard InChI is InChI=1S/C26H33FN4O2/c1-20(26(33)31-12-10-28(11-13-31)19-22-6-4-3-5-7-22)29-14-16-30(17-15-29)25-9-8-23(21(2)32)18-24(25)27/h3-9,18,20H,10-17,19H2,1-2H3. The molecule has 4 rings (SSSR count). The molecule has 2 aromatic rings. The van der Waals surface area contributed by atoms with Crippen LogP contribution in [0.2, 0.25) is 0 Å². The molecule has 2 aliphatic heterocycles. The third-order valence-corrected chi connectivity index (χ3v) is 6.85. The fraction of sp³-hybridized carbons (Fsp3) is 0.462. The summed E-state index contributed by atoms with van der Waals surface area (Å²) in [6, 6.07) is 14.9. The molecule has 0 aromatic heterocycles. The zero-order valence-electron chi connectivity index (χ0n) is 19.5. The number of Topliss-reactive ketones (excluding diaryl/α,β-unsaturated/α-hetero) is 1. The van der Waals surface area contributed by atoms with Gasteiger partial charge in [0.15, 0.2) is 5.78 Å². The van der Waals surface area contributed by atoms with Gasteiger partial charge in [0, 0.05) is 64.5 Å². The monoisotopic (exact) mass is 452 g/mol. The summed E-state index contributed by atoms with van der Waals surface area (Å²) in [4.78, 5) is 33.2. The summed E-state index contributed by atoms with van der Waals surface area (Å²) in [5, 5.41) is 0. The molecule has 0 bridgehead atoms. The van der Waals surface area contributed by atoms with E-state index < -0.39 is 0 Å². The van der Waals surface area contributed by atoms with Crippen LogP contribution >= 0.6 is 0 Å². The molecule has 0 radical (unpaired) electrons. The Morgan fingerprint density at radius 1 is 0.909 bits per heavy atom. The Bertz CT molecular complexity index is 968. The van der Waals surface area contributed by atoms with Crippen molar-refractivity contribution in [2.24, 2.45) is 0 Å². The second-order valence-electron chi connectivity index (χ2n) is 9.01. The van der Waals surface area contributed by atoms with Crippen LogP contribution in [0.15, 0.2) is 48.5 Å². The number of nitrogens with zero attached hydrogens (tertiary/aromatic N) is 4. The second-order valence-corrected chi connectivity index (χ2v) is 9.01. The summed E-state index contributed by atoms with van der Waals surface area (Å²) in [6.45, 7) is 10.3. The largest absolute Gasteiger partial charge is 0.367 e. The van der Waals surface area contributed by atoms with E-state index >= 15 is 0 Å². The van der Waals surface area contributed by atoms with Gasteiger partial charge in [0.25, 0.3) is 0 Å². The molecule has 2 aliphatic rings. The van der Waals surface area contributed by atoms with E-state index in [9.17, 15) is 14.0 Å². The maximum atomic E-state index is 14.5. The van der Waals surface area contributed by atoms with Gasteiger partial charge in [-0.25, -0.2) is 4.39 Å². The zero-order chi connectivity index (χ0) is 23.4. The number of amides is 1. The number of halogens is 1. The highest BCUT2D eigenvalue weighted by Crippen LogP contribution is 2.23. The SMILES string of the molecule is CC(=O)c1ccc(N2CCN(C(C)C(=O)N3CCN(Cc4ccccc4)CC3)CC2)c(F)c1. The van der Waals surface area contributed by atoms with Gasteiger partial charge in [-0.3, -0.25) is 19.4 Å². The summed E-state index contributed by atoms with van der Waals surface area (Å²) in [7, 11) is 0. The predicted molar refractivity (Wildman–Crippen MR) is 128 cm³/mol. The fourth-order valence-electron chi connectivity index (χ4n) is 4.72. The molecule has 0 saturated carbocycles. The van der Waals surface area contributed by atoms with Crippen LogP contribution in [0.4, 0.5) is 10.1 Å². The quantitative estimate of drug-likeness (QED) is 0.631. The van der Waals surface area contributed by atoms with Crippen LogP contribution in [0.1, 0.15) is 29.8 Å². The lowest BCUT2D eigenvalue weighted by Crippen LogP contribution is -2.57. The van der Waals surface area contributed by atoms with Crippen molar-refractivity contribution in [1.29, 1.82) is 0 Å². The van der Waals surface area contributed by atoms with Crippen LogP contribution in [-0.4, -0.2) is 84.8 Å². The van der Waals surface area contributed by atoms with E-state index in [1.165, 1.54) is 18.6 Å². The van der Waals surface area contributed by atoms with Crippen LogP contribution in [0, 0.1) is 5.82 Å². The molecule has 2 fully saturated rings. The van der Waals surface area contributed by atoms with Crippen molar-refractivity contribution in [1.82, 2.24) is 14.7 Å². The Labute approximate surface area is 195 Å². The van der Waals surface area contributed by atoms with E-state index in [1.54, 1.807) is 12.1 Å². The second kappa shape index (κ2) is 10.4. The number of hydrogen-bond acceptors (Lipinski definition) is 5. The van der Waals surface area contributed by atoms with E-state index in [0.29, 0.717) is 37.4 Å². The first-order chi connectivity index (χ1) is 15.9. The highest BCUT2D eigenvalue weighted by atomic mass is 19.1. The first-order valence-corrected chi connectivity index (χ1v) is 11.8. The van der Waals surface area contributed by atoms with Crippen LogP contribution < -0.4 is 4.90 Å². The van der Waals surface area contributed by atoms with Crippen LogP contribution in [0.5, 0.6) is 0 Å².